The number of nitrogens with zero attached hydrogens (tertiary/aromatic N) is 1. The van der Waals surface area contributed by atoms with Crippen molar-refractivity contribution in [2.45, 2.75) is 76.5 Å². The predicted octanol–water partition coefficient (Wildman–Crippen LogP) is 3.59. The third-order valence-corrected chi connectivity index (χ3v) is 7.30. The molecule has 20 heavy (non-hydrogen) atoms. The number of fused-ring (bicyclic) bond motifs is 5. The Morgan fingerprint density at radius 1 is 1.05 bits per heavy atom. The largest absolute Gasteiger partial charge is 0.297 e. The minimum absolute atomic E-state index is 0.0972. The molecular formula is C17H29NOS. The molecule has 5 unspecified atom stereocenters. The monoisotopic (exact) mass is 295 g/mol. The SMILES string of the molecule is CC(C)(C)C(=O)C1C2C3CCC(S3)C2CN1C(C)(C)C. The van der Waals surface area contributed by atoms with E-state index in [4.69, 9.17) is 0 Å². The molecule has 0 radical (unpaired) electrons. The molecule has 0 aromatic heterocycles. The Hall–Kier alpha value is -0.0200. The van der Waals surface area contributed by atoms with Crippen LogP contribution in [-0.2, 0) is 4.79 Å². The smallest absolute Gasteiger partial charge is 0.155 e. The van der Waals surface area contributed by atoms with Gasteiger partial charge in [-0.1, -0.05) is 20.8 Å². The van der Waals surface area contributed by atoms with Crippen LogP contribution in [0.4, 0.5) is 0 Å². The van der Waals surface area contributed by atoms with E-state index < -0.39 is 0 Å². The van der Waals surface area contributed by atoms with E-state index in [-0.39, 0.29) is 17.0 Å². The highest BCUT2D eigenvalue weighted by atomic mass is 32.2. The molecule has 3 aliphatic rings. The fourth-order valence-corrected chi connectivity index (χ4v) is 6.48. The summed E-state index contributed by atoms with van der Waals surface area (Å²) in [7, 11) is 0. The van der Waals surface area contributed by atoms with Gasteiger partial charge in [0, 0.05) is 28.0 Å². The normalized spacial score (nSPS) is 41.2. The van der Waals surface area contributed by atoms with E-state index in [2.05, 4.69) is 58.2 Å². The van der Waals surface area contributed by atoms with E-state index in [0.717, 1.165) is 23.0 Å². The molecular weight excluding hydrogens is 266 g/mol. The Labute approximate surface area is 128 Å². The van der Waals surface area contributed by atoms with Crippen LogP contribution in [0.25, 0.3) is 0 Å². The fraction of sp³-hybridized carbons (Fsp3) is 0.941. The lowest BCUT2D eigenvalue weighted by Crippen LogP contribution is -2.53. The molecule has 0 spiro atoms. The first-order chi connectivity index (χ1) is 9.10. The Morgan fingerprint density at radius 3 is 2.20 bits per heavy atom. The summed E-state index contributed by atoms with van der Waals surface area (Å²) in [5.74, 6) is 1.84. The lowest BCUT2D eigenvalue weighted by molar-refractivity contribution is -0.134. The molecule has 0 aliphatic carbocycles. The van der Waals surface area contributed by atoms with E-state index in [0.29, 0.717) is 11.7 Å². The summed E-state index contributed by atoms with van der Waals surface area (Å²) in [6, 6.07) is 0.155. The molecule has 3 heterocycles. The maximum atomic E-state index is 13.1. The second-order valence-electron chi connectivity index (χ2n) is 8.91. The van der Waals surface area contributed by atoms with Crippen LogP contribution in [0.5, 0.6) is 0 Å². The molecule has 0 N–H and O–H groups in total. The van der Waals surface area contributed by atoms with Crippen LogP contribution in [0.2, 0.25) is 0 Å². The predicted molar refractivity (Wildman–Crippen MR) is 86.1 cm³/mol. The molecule has 0 saturated carbocycles. The third-order valence-electron chi connectivity index (χ3n) is 5.46. The molecule has 3 rings (SSSR count). The lowest BCUT2D eigenvalue weighted by Gasteiger charge is -2.40. The molecule has 3 fully saturated rings. The first kappa shape index (κ1) is 14.9. The van der Waals surface area contributed by atoms with Gasteiger partial charge in [0.1, 0.15) is 0 Å². The highest BCUT2D eigenvalue weighted by Gasteiger charge is 2.60. The average molecular weight is 295 g/mol. The molecule has 2 nitrogen and oxygen atoms in total. The van der Waals surface area contributed by atoms with Gasteiger partial charge >= 0.3 is 0 Å². The van der Waals surface area contributed by atoms with Crippen molar-refractivity contribution >= 4 is 17.5 Å². The first-order valence-electron chi connectivity index (χ1n) is 8.07. The Bertz CT molecular complexity index is 418. The Kier molecular flexibility index (Phi) is 3.34. The lowest BCUT2D eigenvalue weighted by atomic mass is 9.73. The second-order valence-corrected chi connectivity index (χ2v) is 10.4. The van der Waals surface area contributed by atoms with Crippen LogP contribution >= 0.6 is 11.8 Å². The van der Waals surface area contributed by atoms with Crippen molar-refractivity contribution in [1.82, 2.24) is 4.90 Å². The van der Waals surface area contributed by atoms with E-state index >= 15 is 0 Å². The van der Waals surface area contributed by atoms with Crippen LogP contribution in [0.15, 0.2) is 0 Å². The molecule has 2 bridgehead atoms. The van der Waals surface area contributed by atoms with Crippen molar-refractivity contribution in [1.29, 1.82) is 0 Å². The van der Waals surface area contributed by atoms with Crippen molar-refractivity contribution < 1.29 is 4.79 Å². The maximum absolute atomic E-state index is 13.1. The Morgan fingerprint density at radius 2 is 1.65 bits per heavy atom. The zero-order chi connectivity index (χ0) is 14.9. The zero-order valence-electron chi connectivity index (χ0n) is 13.8. The highest BCUT2D eigenvalue weighted by molar-refractivity contribution is 8.01. The van der Waals surface area contributed by atoms with Crippen LogP contribution in [0.1, 0.15) is 54.4 Å². The molecule has 3 aliphatic heterocycles. The van der Waals surface area contributed by atoms with Gasteiger partial charge in [0.25, 0.3) is 0 Å². The molecule has 3 saturated heterocycles. The second kappa shape index (κ2) is 4.49. The quantitative estimate of drug-likeness (QED) is 0.737. The number of likely N-dealkylation sites (tertiary alicyclic amines) is 1. The third kappa shape index (κ3) is 2.16. The standard InChI is InChI=1S/C17H29NOS/c1-16(2,3)15(19)14-13-10(9-18(14)17(4,5)6)11-7-8-12(13)20-11/h10-14H,7-9H2,1-6H3. The van der Waals surface area contributed by atoms with Crippen molar-refractivity contribution in [3.05, 3.63) is 0 Å². The number of hydrogen-bond donors (Lipinski definition) is 0. The number of carbonyl (C=O) groups is 1. The van der Waals surface area contributed by atoms with Crippen LogP contribution in [0, 0.1) is 17.3 Å². The zero-order valence-corrected chi connectivity index (χ0v) is 14.6. The van der Waals surface area contributed by atoms with Gasteiger partial charge in [-0.05, 0) is 45.4 Å². The molecule has 0 aromatic rings. The number of thioether (sulfide) groups is 1. The summed E-state index contributed by atoms with van der Waals surface area (Å²) in [5.41, 5.74) is -0.129. The van der Waals surface area contributed by atoms with Gasteiger partial charge in [-0.15, -0.1) is 0 Å². The van der Waals surface area contributed by atoms with E-state index in [1.54, 1.807) is 0 Å². The number of carbonyl (C=O) groups excluding carboxylic acids is 1. The first-order valence-corrected chi connectivity index (χ1v) is 9.01. The highest BCUT2D eigenvalue weighted by Crippen LogP contribution is 2.59. The minimum Gasteiger partial charge on any atom is -0.297 e. The molecule has 0 amide bonds. The minimum atomic E-state index is -0.227. The van der Waals surface area contributed by atoms with E-state index in [9.17, 15) is 4.79 Å². The topological polar surface area (TPSA) is 20.3 Å². The van der Waals surface area contributed by atoms with Gasteiger partial charge in [0.05, 0.1) is 6.04 Å². The van der Waals surface area contributed by atoms with Crippen molar-refractivity contribution in [3.63, 3.8) is 0 Å². The van der Waals surface area contributed by atoms with Gasteiger partial charge in [-0.25, -0.2) is 0 Å². The van der Waals surface area contributed by atoms with E-state index in [1.165, 1.54) is 12.8 Å². The number of Topliss-reactive ketones (excluding diaryl/α,β-unsaturated/α-hetero) is 1. The molecule has 114 valence electrons. The molecule has 3 heteroatoms. The number of rotatable bonds is 1. The number of hydrogen-bond acceptors (Lipinski definition) is 3. The van der Waals surface area contributed by atoms with Gasteiger partial charge in [0.15, 0.2) is 5.78 Å². The van der Waals surface area contributed by atoms with Gasteiger partial charge in [-0.3, -0.25) is 9.69 Å². The molecule has 5 atom stereocenters. The van der Waals surface area contributed by atoms with Gasteiger partial charge in [0.2, 0.25) is 0 Å². The van der Waals surface area contributed by atoms with Gasteiger partial charge < -0.3 is 0 Å². The summed E-state index contributed by atoms with van der Waals surface area (Å²) >= 11 is 2.19. The number of ketones is 1. The van der Waals surface area contributed by atoms with E-state index in [1.807, 2.05) is 0 Å². The Balaban J connectivity index is 1.95. The van der Waals surface area contributed by atoms with Gasteiger partial charge in [-0.2, -0.15) is 11.8 Å². The van der Waals surface area contributed by atoms with Crippen molar-refractivity contribution in [3.8, 4) is 0 Å². The average Bonchev–Trinajstić information content (AvgIpc) is 2.96. The summed E-state index contributed by atoms with van der Waals surface area (Å²) in [6.07, 6.45) is 2.72. The van der Waals surface area contributed by atoms with Crippen LogP contribution in [0.3, 0.4) is 0 Å². The van der Waals surface area contributed by atoms with Crippen molar-refractivity contribution in [2.75, 3.05) is 6.54 Å². The summed E-state index contributed by atoms with van der Waals surface area (Å²) in [4.78, 5) is 15.6. The fourth-order valence-electron chi connectivity index (χ4n) is 4.49. The van der Waals surface area contributed by atoms with Crippen molar-refractivity contribution in [2.24, 2.45) is 17.3 Å². The van der Waals surface area contributed by atoms with Crippen LogP contribution in [-0.4, -0.2) is 39.3 Å². The summed E-state index contributed by atoms with van der Waals surface area (Å²) in [5, 5.41) is 1.57. The maximum Gasteiger partial charge on any atom is 0.155 e. The summed E-state index contributed by atoms with van der Waals surface area (Å²) in [6.45, 7) is 14.2. The molecule has 0 aromatic carbocycles. The van der Waals surface area contributed by atoms with Crippen LogP contribution < -0.4 is 0 Å². The summed E-state index contributed by atoms with van der Waals surface area (Å²) < 4.78 is 0.